The molecule has 0 amide bonds. The molecule has 3 N–H and O–H groups in total. The number of fused-ring (bicyclic) bond motifs is 1. The lowest BCUT2D eigenvalue weighted by Crippen LogP contribution is -2.19. The summed E-state index contributed by atoms with van der Waals surface area (Å²) in [6, 6.07) is 10.1. The molecule has 0 atom stereocenters. The number of nitrogens with zero attached hydrogens (tertiary/aromatic N) is 2. The first kappa shape index (κ1) is 18.3. The minimum Gasteiger partial charge on any atom is -0.465 e. The number of hydrogen-bond donors (Lipinski definition) is 2. The third kappa shape index (κ3) is 4.17. The molecule has 3 aromatic rings. The van der Waals surface area contributed by atoms with Crippen LogP contribution in [0.15, 0.2) is 46.0 Å². The molecular formula is C20H23ClN4O. The molecule has 5 nitrogen and oxygen atoms in total. The van der Waals surface area contributed by atoms with Crippen LogP contribution in [0.4, 0.5) is 0 Å². The van der Waals surface area contributed by atoms with Crippen molar-refractivity contribution < 1.29 is 4.42 Å². The molecule has 0 radical (unpaired) electrons. The van der Waals surface area contributed by atoms with E-state index in [1.165, 1.54) is 19.3 Å². The van der Waals surface area contributed by atoms with Crippen molar-refractivity contribution in [3.05, 3.63) is 53.7 Å². The van der Waals surface area contributed by atoms with E-state index in [0.29, 0.717) is 11.9 Å². The number of aromatic amines is 1. The van der Waals surface area contributed by atoms with Crippen LogP contribution in [-0.2, 0) is 0 Å². The van der Waals surface area contributed by atoms with Crippen LogP contribution >= 0.6 is 12.4 Å². The van der Waals surface area contributed by atoms with Crippen LogP contribution in [0.5, 0.6) is 0 Å². The highest BCUT2D eigenvalue weighted by molar-refractivity contribution is 6.00. The van der Waals surface area contributed by atoms with Crippen LogP contribution in [0.1, 0.15) is 49.3 Å². The van der Waals surface area contributed by atoms with Gasteiger partial charge in [-0.2, -0.15) is 0 Å². The SMILES string of the molecule is Cl.NC(=NC1CCCCC1)c1ccc2nc(/C=C/c3ccco3)[nH]c2c1. The Hall–Kier alpha value is -2.53. The molecule has 6 heteroatoms. The number of imidazole rings is 1. The van der Waals surface area contributed by atoms with E-state index < -0.39 is 0 Å². The molecule has 1 fully saturated rings. The average molecular weight is 371 g/mol. The Morgan fingerprint density at radius 2 is 2.04 bits per heavy atom. The number of H-pyrrole nitrogens is 1. The largest absolute Gasteiger partial charge is 0.465 e. The summed E-state index contributed by atoms with van der Waals surface area (Å²) >= 11 is 0. The van der Waals surface area contributed by atoms with Gasteiger partial charge in [-0.15, -0.1) is 12.4 Å². The summed E-state index contributed by atoms with van der Waals surface area (Å²) in [4.78, 5) is 12.6. The van der Waals surface area contributed by atoms with E-state index in [9.17, 15) is 0 Å². The maximum Gasteiger partial charge on any atom is 0.131 e. The second kappa shape index (κ2) is 8.23. The molecule has 0 unspecified atom stereocenters. The fourth-order valence-corrected chi connectivity index (χ4v) is 3.30. The van der Waals surface area contributed by atoms with Gasteiger partial charge in [-0.3, -0.25) is 4.99 Å². The summed E-state index contributed by atoms with van der Waals surface area (Å²) in [6.07, 6.45) is 11.6. The van der Waals surface area contributed by atoms with Crippen molar-refractivity contribution in [3.8, 4) is 0 Å². The van der Waals surface area contributed by atoms with Gasteiger partial charge in [0, 0.05) is 5.56 Å². The highest BCUT2D eigenvalue weighted by atomic mass is 35.5. The van der Waals surface area contributed by atoms with Gasteiger partial charge in [0.05, 0.1) is 23.3 Å². The fraction of sp³-hybridized carbons (Fsp3) is 0.300. The van der Waals surface area contributed by atoms with Crippen LogP contribution in [0, 0.1) is 0 Å². The number of nitrogens with two attached hydrogens (primary N) is 1. The predicted molar refractivity (Wildman–Crippen MR) is 109 cm³/mol. The molecule has 1 saturated carbocycles. The maximum absolute atomic E-state index is 6.24. The molecule has 0 bridgehead atoms. The molecule has 0 saturated heterocycles. The number of nitrogens with one attached hydrogen (secondary N) is 1. The van der Waals surface area contributed by atoms with Crippen molar-refractivity contribution >= 4 is 41.4 Å². The lowest BCUT2D eigenvalue weighted by Gasteiger charge is -2.18. The van der Waals surface area contributed by atoms with E-state index in [-0.39, 0.29) is 12.4 Å². The lowest BCUT2D eigenvalue weighted by atomic mass is 9.96. The second-order valence-electron chi connectivity index (χ2n) is 6.51. The zero-order valence-corrected chi connectivity index (χ0v) is 15.3. The number of furan rings is 1. The van der Waals surface area contributed by atoms with E-state index >= 15 is 0 Å². The highest BCUT2D eigenvalue weighted by Gasteiger charge is 2.13. The van der Waals surface area contributed by atoms with Crippen molar-refractivity contribution in [1.29, 1.82) is 0 Å². The zero-order valence-electron chi connectivity index (χ0n) is 14.5. The summed E-state index contributed by atoms with van der Waals surface area (Å²) in [5, 5.41) is 0. The van der Waals surface area contributed by atoms with Gasteiger partial charge < -0.3 is 15.1 Å². The maximum atomic E-state index is 6.24. The van der Waals surface area contributed by atoms with Crippen LogP contribution in [0.25, 0.3) is 23.2 Å². The van der Waals surface area contributed by atoms with E-state index in [1.54, 1.807) is 6.26 Å². The Kier molecular flexibility index (Phi) is 5.78. The minimum atomic E-state index is 0. The molecule has 136 valence electrons. The number of rotatable bonds is 4. The topological polar surface area (TPSA) is 80.2 Å². The molecule has 4 rings (SSSR count). The lowest BCUT2D eigenvalue weighted by molar-refractivity contribution is 0.443. The number of halogens is 1. The van der Waals surface area contributed by atoms with E-state index in [2.05, 4.69) is 9.97 Å². The van der Waals surface area contributed by atoms with Crippen molar-refractivity contribution in [1.82, 2.24) is 9.97 Å². The third-order valence-electron chi connectivity index (χ3n) is 4.64. The number of amidine groups is 1. The van der Waals surface area contributed by atoms with Crippen LogP contribution < -0.4 is 5.73 Å². The van der Waals surface area contributed by atoms with Gasteiger partial charge in [-0.05, 0) is 55.3 Å². The summed E-state index contributed by atoms with van der Waals surface area (Å²) in [5.41, 5.74) is 9.05. The molecule has 26 heavy (non-hydrogen) atoms. The average Bonchev–Trinajstić information content (AvgIpc) is 3.29. The van der Waals surface area contributed by atoms with Crippen LogP contribution in [-0.4, -0.2) is 21.8 Å². The molecule has 0 aliphatic heterocycles. The van der Waals surface area contributed by atoms with Gasteiger partial charge in [-0.1, -0.05) is 19.3 Å². The number of benzene rings is 1. The molecule has 2 aromatic heterocycles. The van der Waals surface area contributed by atoms with Crippen LogP contribution in [0.3, 0.4) is 0 Å². The molecule has 1 aliphatic rings. The third-order valence-corrected chi connectivity index (χ3v) is 4.64. The first-order valence-electron chi connectivity index (χ1n) is 8.83. The van der Waals surface area contributed by atoms with Gasteiger partial charge >= 0.3 is 0 Å². The van der Waals surface area contributed by atoms with E-state index in [1.807, 2.05) is 42.5 Å². The second-order valence-corrected chi connectivity index (χ2v) is 6.51. The predicted octanol–water partition coefficient (Wildman–Crippen LogP) is 4.79. The summed E-state index contributed by atoms with van der Waals surface area (Å²) in [5.74, 6) is 2.20. The van der Waals surface area contributed by atoms with Gasteiger partial charge in [0.25, 0.3) is 0 Å². The summed E-state index contributed by atoms with van der Waals surface area (Å²) in [7, 11) is 0. The minimum absolute atomic E-state index is 0. The molecule has 1 aromatic carbocycles. The van der Waals surface area contributed by atoms with Gasteiger partial charge in [0.15, 0.2) is 0 Å². The molecule has 1 aliphatic carbocycles. The summed E-state index contributed by atoms with van der Waals surface area (Å²) in [6.45, 7) is 0. The van der Waals surface area contributed by atoms with Gasteiger partial charge in [0.2, 0.25) is 0 Å². The first-order valence-corrected chi connectivity index (χ1v) is 8.83. The van der Waals surface area contributed by atoms with Gasteiger partial charge in [0.1, 0.15) is 17.4 Å². The monoisotopic (exact) mass is 370 g/mol. The van der Waals surface area contributed by atoms with Crippen molar-refractivity contribution in [2.24, 2.45) is 10.7 Å². The van der Waals surface area contributed by atoms with E-state index in [0.717, 1.165) is 41.0 Å². The Labute approximate surface area is 158 Å². The Balaban J connectivity index is 0.00000196. The normalized spacial score (nSPS) is 16.2. The first-order chi connectivity index (χ1) is 12.3. The van der Waals surface area contributed by atoms with Crippen molar-refractivity contribution in [3.63, 3.8) is 0 Å². The van der Waals surface area contributed by atoms with Crippen molar-refractivity contribution in [2.75, 3.05) is 0 Å². The standard InChI is InChI=1S/C20H22N4O.ClH/c21-20(22-15-5-2-1-3-6-15)14-8-10-17-18(13-14)24-19(23-17)11-9-16-7-4-12-25-16;/h4,7-13,15H,1-3,5-6H2,(H2,21,22)(H,23,24);1H/b11-9+;. The number of hydrogen-bond acceptors (Lipinski definition) is 3. The summed E-state index contributed by atoms with van der Waals surface area (Å²) < 4.78 is 5.29. The smallest absolute Gasteiger partial charge is 0.131 e. The Bertz CT molecular complexity index is 905. The quantitative estimate of drug-likeness (QED) is 0.512. The molecule has 0 spiro atoms. The van der Waals surface area contributed by atoms with Gasteiger partial charge in [-0.25, -0.2) is 4.98 Å². The Morgan fingerprint density at radius 1 is 1.19 bits per heavy atom. The highest BCUT2D eigenvalue weighted by Crippen LogP contribution is 2.21. The van der Waals surface area contributed by atoms with E-state index in [4.69, 9.17) is 15.1 Å². The van der Waals surface area contributed by atoms with Crippen molar-refractivity contribution in [2.45, 2.75) is 38.1 Å². The molecular weight excluding hydrogens is 348 g/mol. The molecule has 2 heterocycles. The zero-order chi connectivity index (χ0) is 17.1. The Morgan fingerprint density at radius 3 is 2.81 bits per heavy atom. The number of aromatic nitrogens is 2. The van der Waals surface area contributed by atoms with Crippen LogP contribution in [0.2, 0.25) is 0 Å². The fourth-order valence-electron chi connectivity index (χ4n) is 3.30. The number of aliphatic imine (C=N–C) groups is 1.